The number of fused-ring (bicyclic) bond motifs is 2. The normalized spacial score (nSPS) is 44.4. The summed E-state index contributed by atoms with van der Waals surface area (Å²) in [4.78, 5) is 0. The lowest BCUT2D eigenvalue weighted by atomic mass is 9.61. The Kier molecular flexibility index (Phi) is 5.70. The standard InChI is InChI=1S/C27H40O3/c1-18-20(15-22(28)16-24(18)29)10-9-19-7-5-13-26(4)23(19)11-14-27(26)17-21(27)8-6-12-25(2,3)30/h6,8-10,21-24,28-30H,1,5,7,11-17H2,2-4H3/b8-6+,19-9-,20-10-/t21-,22+,23-,24-,26-,27-/m0/s1. The molecule has 3 nitrogen and oxygen atoms in total. The van der Waals surface area contributed by atoms with Gasteiger partial charge in [0.2, 0.25) is 0 Å². The zero-order valence-corrected chi connectivity index (χ0v) is 19.0. The molecule has 4 saturated carbocycles. The van der Waals surface area contributed by atoms with Gasteiger partial charge in [-0.25, -0.2) is 0 Å². The van der Waals surface area contributed by atoms with Crippen LogP contribution in [0.4, 0.5) is 0 Å². The smallest absolute Gasteiger partial charge is 0.0811 e. The van der Waals surface area contributed by atoms with Crippen molar-refractivity contribution in [1.82, 2.24) is 0 Å². The summed E-state index contributed by atoms with van der Waals surface area (Å²) in [5, 5.41) is 30.2. The highest BCUT2D eigenvalue weighted by atomic mass is 16.3. The molecule has 0 unspecified atom stereocenters. The van der Waals surface area contributed by atoms with E-state index < -0.39 is 17.8 Å². The Labute approximate surface area is 182 Å². The van der Waals surface area contributed by atoms with Crippen molar-refractivity contribution in [1.29, 1.82) is 0 Å². The van der Waals surface area contributed by atoms with Crippen LogP contribution in [-0.2, 0) is 0 Å². The van der Waals surface area contributed by atoms with Gasteiger partial charge in [0.1, 0.15) is 0 Å². The third-order valence-electron chi connectivity index (χ3n) is 8.78. The fourth-order valence-electron chi connectivity index (χ4n) is 6.92. The van der Waals surface area contributed by atoms with E-state index in [0.29, 0.717) is 35.5 Å². The average molecular weight is 413 g/mol. The molecule has 0 radical (unpaired) electrons. The van der Waals surface area contributed by atoms with Crippen LogP contribution in [0, 0.1) is 22.7 Å². The van der Waals surface area contributed by atoms with Crippen molar-refractivity contribution in [3.05, 3.63) is 47.6 Å². The zero-order chi connectivity index (χ0) is 21.7. The molecule has 0 aromatic rings. The van der Waals surface area contributed by atoms with Crippen LogP contribution >= 0.6 is 0 Å². The SMILES string of the molecule is C=C1/C(=C\C=C2\CCC[C@@]3(C)[C@H]2CC[C@@]32C[C@@H]2/C=C/CC(C)(C)O)C[C@@H](O)C[C@@H]1O. The van der Waals surface area contributed by atoms with Crippen LogP contribution in [0.25, 0.3) is 0 Å². The molecule has 0 saturated heterocycles. The van der Waals surface area contributed by atoms with E-state index >= 15 is 0 Å². The highest BCUT2D eigenvalue weighted by Gasteiger charge is 2.68. The van der Waals surface area contributed by atoms with E-state index in [-0.39, 0.29) is 0 Å². The van der Waals surface area contributed by atoms with Gasteiger partial charge in [0.05, 0.1) is 17.8 Å². The van der Waals surface area contributed by atoms with Gasteiger partial charge in [-0.2, -0.15) is 0 Å². The van der Waals surface area contributed by atoms with Crippen LogP contribution in [0.5, 0.6) is 0 Å². The van der Waals surface area contributed by atoms with Gasteiger partial charge in [-0.3, -0.25) is 0 Å². The molecule has 0 amide bonds. The summed E-state index contributed by atoms with van der Waals surface area (Å²) >= 11 is 0. The summed E-state index contributed by atoms with van der Waals surface area (Å²) in [5.41, 5.74) is 3.52. The third kappa shape index (κ3) is 3.89. The second-order valence-electron chi connectivity index (χ2n) is 11.3. The van der Waals surface area contributed by atoms with Gasteiger partial charge in [0.25, 0.3) is 0 Å². The molecule has 3 heteroatoms. The Morgan fingerprint density at radius 3 is 2.70 bits per heavy atom. The van der Waals surface area contributed by atoms with Crippen molar-refractivity contribution >= 4 is 0 Å². The van der Waals surface area contributed by atoms with Crippen molar-refractivity contribution in [2.24, 2.45) is 22.7 Å². The first-order valence-electron chi connectivity index (χ1n) is 11.9. The summed E-state index contributed by atoms with van der Waals surface area (Å²) in [5.74, 6) is 1.30. The maximum absolute atomic E-state index is 10.1. The molecule has 1 spiro atoms. The van der Waals surface area contributed by atoms with Crippen LogP contribution < -0.4 is 0 Å². The minimum atomic E-state index is -0.626. The molecule has 0 aliphatic heterocycles. The van der Waals surface area contributed by atoms with Crippen LogP contribution in [0.3, 0.4) is 0 Å². The maximum Gasteiger partial charge on any atom is 0.0811 e. The lowest BCUT2D eigenvalue weighted by Gasteiger charge is -2.43. The predicted molar refractivity (Wildman–Crippen MR) is 122 cm³/mol. The highest BCUT2D eigenvalue weighted by Crippen LogP contribution is 2.77. The molecule has 4 aliphatic rings. The van der Waals surface area contributed by atoms with E-state index in [2.05, 4.69) is 37.8 Å². The van der Waals surface area contributed by atoms with Crippen molar-refractivity contribution in [2.75, 3.05) is 0 Å². The fraction of sp³-hybridized carbons (Fsp3) is 0.704. The largest absolute Gasteiger partial charge is 0.393 e. The van der Waals surface area contributed by atoms with Gasteiger partial charge in [-0.15, -0.1) is 0 Å². The van der Waals surface area contributed by atoms with E-state index in [4.69, 9.17) is 0 Å². The average Bonchev–Trinajstić information content (AvgIpc) is 3.27. The monoisotopic (exact) mass is 412 g/mol. The van der Waals surface area contributed by atoms with Gasteiger partial charge >= 0.3 is 0 Å². The van der Waals surface area contributed by atoms with Gasteiger partial charge in [-0.1, -0.05) is 43.4 Å². The Hall–Kier alpha value is -1.16. The zero-order valence-electron chi connectivity index (χ0n) is 19.0. The summed E-state index contributed by atoms with van der Waals surface area (Å²) in [6, 6.07) is 0. The van der Waals surface area contributed by atoms with E-state index in [1.807, 2.05) is 13.8 Å². The Bertz CT molecular complexity index is 782. The second-order valence-corrected chi connectivity index (χ2v) is 11.3. The third-order valence-corrected chi connectivity index (χ3v) is 8.78. The molecule has 30 heavy (non-hydrogen) atoms. The first-order valence-corrected chi connectivity index (χ1v) is 11.9. The molecule has 0 aromatic carbocycles. The van der Waals surface area contributed by atoms with Crippen molar-refractivity contribution in [3.8, 4) is 0 Å². The molecule has 0 aromatic heterocycles. The molecule has 166 valence electrons. The van der Waals surface area contributed by atoms with E-state index in [9.17, 15) is 15.3 Å². The van der Waals surface area contributed by atoms with Crippen molar-refractivity contribution in [3.63, 3.8) is 0 Å². The van der Waals surface area contributed by atoms with Crippen molar-refractivity contribution in [2.45, 2.75) is 96.4 Å². The first-order chi connectivity index (χ1) is 14.1. The molecule has 4 rings (SSSR count). The molecule has 3 N–H and O–H groups in total. The topological polar surface area (TPSA) is 60.7 Å². The lowest BCUT2D eigenvalue weighted by Crippen LogP contribution is -2.35. The van der Waals surface area contributed by atoms with E-state index in [1.54, 1.807) is 5.57 Å². The Balaban J connectivity index is 1.50. The van der Waals surface area contributed by atoms with Crippen LogP contribution in [0.15, 0.2) is 47.6 Å². The molecular weight excluding hydrogens is 372 g/mol. The summed E-state index contributed by atoms with van der Waals surface area (Å²) in [7, 11) is 0. The summed E-state index contributed by atoms with van der Waals surface area (Å²) in [6.45, 7) is 10.3. The molecule has 0 bridgehead atoms. The number of hydrogen-bond donors (Lipinski definition) is 3. The fourth-order valence-corrected chi connectivity index (χ4v) is 6.92. The lowest BCUT2D eigenvalue weighted by molar-refractivity contribution is 0.0834. The minimum absolute atomic E-state index is 0.363. The van der Waals surface area contributed by atoms with E-state index in [1.165, 1.54) is 32.1 Å². The van der Waals surface area contributed by atoms with Crippen LogP contribution in [0.2, 0.25) is 0 Å². The van der Waals surface area contributed by atoms with Gasteiger partial charge in [0.15, 0.2) is 0 Å². The van der Waals surface area contributed by atoms with Gasteiger partial charge in [-0.05, 0) is 99.0 Å². The van der Waals surface area contributed by atoms with Crippen LogP contribution in [-0.4, -0.2) is 33.1 Å². The van der Waals surface area contributed by atoms with Crippen molar-refractivity contribution < 1.29 is 15.3 Å². The Morgan fingerprint density at radius 1 is 1.20 bits per heavy atom. The molecule has 0 heterocycles. The number of allylic oxidation sites excluding steroid dienone is 4. The quantitative estimate of drug-likeness (QED) is 0.554. The second kappa shape index (κ2) is 7.76. The summed E-state index contributed by atoms with van der Waals surface area (Å²) in [6.07, 6.45) is 17.3. The molecular formula is C27H40O3. The summed E-state index contributed by atoms with van der Waals surface area (Å²) < 4.78 is 0. The molecule has 6 atom stereocenters. The molecule has 4 fully saturated rings. The predicted octanol–water partition coefficient (Wildman–Crippen LogP) is 5.23. The molecule has 4 aliphatic carbocycles. The number of aliphatic hydroxyl groups excluding tert-OH is 2. The van der Waals surface area contributed by atoms with Gasteiger partial charge < -0.3 is 15.3 Å². The Morgan fingerprint density at radius 2 is 1.97 bits per heavy atom. The maximum atomic E-state index is 10.1. The number of aliphatic hydroxyl groups is 3. The van der Waals surface area contributed by atoms with Gasteiger partial charge in [0, 0.05) is 6.42 Å². The number of rotatable bonds is 4. The number of hydrogen-bond acceptors (Lipinski definition) is 3. The first kappa shape index (κ1) is 22.0. The van der Waals surface area contributed by atoms with E-state index in [0.717, 1.165) is 24.0 Å². The minimum Gasteiger partial charge on any atom is -0.393 e. The highest BCUT2D eigenvalue weighted by molar-refractivity contribution is 5.39. The van der Waals surface area contributed by atoms with Crippen LogP contribution in [0.1, 0.15) is 78.6 Å².